The minimum absolute atomic E-state index is 0.119. The molecule has 0 aromatic carbocycles. The number of hydrogen-bond acceptors (Lipinski definition) is 6. The lowest BCUT2D eigenvalue weighted by Crippen LogP contribution is -2.40. The summed E-state index contributed by atoms with van der Waals surface area (Å²) < 4.78 is 10.9. The molecule has 0 spiro atoms. The van der Waals surface area contributed by atoms with E-state index < -0.39 is 5.54 Å². The normalized spacial score (nSPS) is 14.7. The quantitative estimate of drug-likeness (QED) is 0.887. The molecule has 0 fully saturated rings. The maximum absolute atomic E-state index is 6.20. The Bertz CT molecular complexity index is 560. The first-order valence-electron chi connectivity index (χ1n) is 6.76. The summed E-state index contributed by atoms with van der Waals surface area (Å²) in [5.74, 6) is 0.991. The molecule has 1 unspecified atom stereocenters. The minimum atomic E-state index is -0.753. The van der Waals surface area contributed by atoms with Crippen LogP contribution in [0.4, 0.5) is 0 Å². The zero-order valence-corrected chi connectivity index (χ0v) is 13.2. The Morgan fingerprint density at radius 2 is 2.20 bits per heavy atom. The smallest absolute Gasteiger partial charge is 0.268 e. The van der Waals surface area contributed by atoms with Crippen LogP contribution in [-0.2, 0) is 16.7 Å². The largest absolute Gasteiger partial charge is 0.376 e. The van der Waals surface area contributed by atoms with Gasteiger partial charge in [0.05, 0.1) is 17.6 Å². The number of nitrogens with zero attached hydrogens (tertiary/aromatic N) is 2. The minimum Gasteiger partial charge on any atom is -0.376 e. The van der Waals surface area contributed by atoms with Gasteiger partial charge in [-0.3, -0.25) is 0 Å². The Morgan fingerprint density at radius 3 is 2.80 bits per heavy atom. The van der Waals surface area contributed by atoms with E-state index in [4.69, 9.17) is 15.0 Å². The van der Waals surface area contributed by atoms with Crippen molar-refractivity contribution in [1.82, 2.24) is 10.1 Å². The van der Waals surface area contributed by atoms with Crippen molar-refractivity contribution in [2.45, 2.75) is 45.8 Å². The van der Waals surface area contributed by atoms with Crippen LogP contribution in [0.1, 0.15) is 38.4 Å². The maximum atomic E-state index is 6.20. The fourth-order valence-corrected chi connectivity index (χ4v) is 2.51. The molecule has 0 aliphatic rings. The Morgan fingerprint density at radius 1 is 1.45 bits per heavy atom. The molecule has 20 heavy (non-hydrogen) atoms. The molecule has 2 rings (SSSR count). The highest BCUT2D eigenvalue weighted by Gasteiger charge is 2.28. The monoisotopic (exact) mass is 295 g/mol. The Hall–Kier alpha value is -1.24. The van der Waals surface area contributed by atoms with Crippen molar-refractivity contribution in [2.24, 2.45) is 5.73 Å². The molecular weight excluding hydrogens is 274 g/mol. The first-order valence-corrected chi connectivity index (χ1v) is 7.57. The second kappa shape index (κ2) is 6.03. The highest BCUT2D eigenvalue weighted by Crippen LogP contribution is 2.28. The van der Waals surface area contributed by atoms with Gasteiger partial charge < -0.3 is 15.0 Å². The molecule has 6 heteroatoms. The molecule has 0 saturated heterocycles. The molecule has 2 N–H and O–H groups in total. The van der Waals surface area contributed by atoms with Gasteiger partial charge in [0, 0.05) is 4.88 Å². The fraction of sp³-hybridized carbons (Fsp3) is 0.571. The molecule has 2 aromatic rings. The average molecular weight is 295 g/mol. The van der Waals surface area contributed by atoms with E-state index in [9.17, 15) is 0 Å². The van der Waals surface area contributed by atoms with Gasteiger partial charge in [0.2, 0.25) is 0 Å². The molecule has 2 aromatic heterocycles. The number of aromatic nitrogens is 2. The summed E-state index contributed by atoms with van der Waals surface area (Å²) >= 11 is 1.66. The molecule has 0 aliphatic carbocycles. The first-order chi connectivity index (χ1) is 9.42. The van der Waals surface area contributed by atoms with Crippen molar-refractivity contribution in [3.05, 3.63) is 22.8 Å². The summed E-state index contributed by atoms with van der Waals surface area (Å²) in [5, 5.41) is 3.99. The van der Waals surface area contributed by atoms with E-state index >= 15 is 0 Å². The molecule has 110 valence electrons. The van der Waals surface area contributed by atoms with Gasteiger partial charge in [-0.05, 0) is 39.3 Å². The van der Waals surface area contributed by atoms with Crippen LogP contribution >= 0.6 is 11.3 Å². The van der Waals surface area contributed by atoms with E-state index in [0.717, 1.165) is 11.3 Å². The molecule has 0 saturated carbocycles. The predicted octanol–water partition coefficient (Wildman–Crippen LogP) is 2.96. The van der Waals surface area contributed by atoms with Crippen molar-refractivity contribution in [3.8, 4) is 10.8 Å². The molecule has 0 bridgehead atoms. The predicted molar refractivity (Wildman–Crippen MR) is 79.6 cm³/mol. The summed E-state index contributed by atoms with van der Waals surface area (Å²) in [4.78, 5) is 6.67. The summed E-state index contributed by atoms with van der Waals surface area (Å²) in [5.41, 5.74) is 5.45. The second-order valence-electron chi connectivity index (χ2n) is 5.32. The third-order valence-electron chi connectivity index (χ3n) is 2.87. The lowest BCUT2D eigenvalue weighted by atomic mass is 10.1. The van der Waals surface area contributed by atoms with E-state index in [-0.39, 0.29) is 6.10 Å². The van der Waals surface area contributed by atoms with Gasteiger partial charge in [-0.2, -0.15) is 4.98 Å². The van der Waals surface area contributed by atoms with Crippen LogP contribution in [0, 0.1) is 0 Å². The highest BCUT2D eigenvalue weighted by molar-refractivity contribution is 7.15. The molecule has 5 nitrogen and oxygen atoms in total. The molecule has 0 amide bonds. The van der Waals surface area contributed by atoms with Gasteiger partial charge in [0.25, 0.3) is 5.89 Å². The van der Waals surface area contributed by atoms with Crippen molar-refractivity contribution in [1.29, 1.82) is 0 Å². The van der Waals surface area contributed by atoms with Gasteiger partial charge >= 0.3 is 0 Å². The fourth-order valence-electron chi connectivity index (χ4n) is 1.64. The van der Waals surface area contributed by atoms with Crippen LogP contribution in [0.5, 0.6) is 0 Å². The number of nitrogens with two attached hydrogens (primary N) is 1. The topological polar surface area (TPSA) is 74.2 Å². The van der Waals surface area contributed by atoms with Crippen LogP contribution in [0.2, 0.25) is 0 Å². The van der Waals surface area contributed by atoms with Crippen LogP contribution in [0.25, 0.3) is 10.8 Å². The second-order valence-corrected chi connectivity index (χ2v) is 6.49. The Labute approximate surface area is 123 Å². The summed E-state index contributed by atoms with van der Waals surface area (Å²) in [6.07, 6.45) is 1.12. The third-order valence-corrected chi connectivity index (χ3v) is 4.09. The molecule has 1 atom stereocenters. The van der Waals surface area contributed by atoms with Crippen LogP contribution in [-0.4, -0.2) is 22.9 Å². The van der Waals surface area contributed by atoms with Gasteiger partial charge in [-0.15, -0.1) is 11.3 Å². The van der Waals surface area contributed by atoms with Crippen LogP contribution < -0.4 is 5.73 Å². The number of thiophene rings is 1. The summed E-state index contributed by atoms with van der Waals surface area (Å²) in [7, 11) is 0. The van der Waals surface area contributed by atoms with E-state index in [0.29, 0.717) is 18.3 Å². The van der Waals surface area contributed by atoms with Crippen LogP contribution in [0.3, 0.4) is 0 Å². The molecular formula is C14H21N3O2S. The standard InChI is InChI=1S/C14H21N3O2S/c1-5-10-6-7-11(20-10)12-16-13(17-19-12)14(4,15)8-18-9(2)3/h6-7,9H,5,8,15H2,1-4H3. The van der Waals surface area contributed by atoms with Crippen LogP contribution in [0.15, 0.2) is 16.7 Å². The SMILES string of the molecule is CCc1ccc(-c2nc(C(C)(N)COC(C)C)no2)s1. The summed E-state index contributed by atoms with van der Waals surface area (Å²) in [6, 6.07) is 4.08. The van der Waals surface area contributed by atoms with Gasteiger partial charge in [-0.25, -0.2) is 0 Å². The van der Waals surface area contributed by atoms with Gasteiger partial charge in [0.15, 0.2) is 5.82 Å². The number of hydrogen-bond donors (Lipinski definition) is 1. The molecule has 0 aliphatic heterocycles. The van der Waals surface area contributed by atoms with E-state index in [1.165, 1.54) is 4.88 Å². The van der Waals surface area contributed by atoms with E-state index in [2.05, 4.69) is 23.1 Å². The zero-order chi connectivity index (χ0) is 14.8. The number of ether oxygens (including phenoxy) is 1. The van der Waals surface area contributed by atoms with Crippen molar-refractivity contribution in [2.75, 3.05) is 6.61 Å². The Kier molecular flexibility index (Phi) is 4.57. The molecule has 2 heterocycles. The number of aryl methyl sites for hydroxylation is 1. The zero-order valence-electron chi connectivity index (χ0n) is 12.3. The highest BCUT2D eigenvalue weighted by atomic mass is 32.1. The Balaban J connectivity index is 2.15. The van der Waals surface area contributed by atoms with E-state index in [1.807, 2.05) is 26.8 Å². The van der Waals surface area contributed by atoms with Gasteiger partial charge in [0.1, 0.15) is 5.54 Å². The first kappa shape index (κ1) is 15.2. The van der Waals surface area contributed by atoms with Gasteiger partial charge in [-0.1, -0.05) is 12.1 Å². The van der Waals surface area contributed by atoms with Crippen molar-refractivity contribution < 1.29 is 9.26 Å². The average Bonchev–Trinajstić information content (AvgIpc) is 3.04. The lowest BCUT2D eigenvalue weighted by molar-refractivity contribution is 0.0410. The van der Waals surface area contributed by atoms with Crippen molar-refractivity contribution >= 4 is 11.3 Å². The lowest BCUT2D eigenvalue weighted by Gasteiger charge is -2.21. The summed E-state index contributed by atoms with van der Waals surface area (Å²) in [6.45, 7) is 8.25. The van der Waals surface area contributed by atoms with E-state index in [1.54, 1.807) is 11.3 Å². The maximum Gasteiger partial charge on any atom is 0.268 e. The number of rotatable bonds is 6. The molecule has 0 radical (unpaired) electrons. The third kappa shape index (κ3) is 3.45. The van der Waals surface area contributed by atoms with Crippen molar-refractivity contribution in [3.63, 3.8) is 0 Å².